The number of nitrogens with zero attached hydrogens (tertiary/aromatic N) is 1. The molecule has 0 aliphatic carbocycles. The third-order valence-electron chi connectivity index (χ3n) is 6.25. The second-order valence-electron chi connectivity index (χ2n) is 8.62. The maximum absolute atomic E-state index is 13.2. The molecule has 0 spiro atoms. The van der Waals surface area contributed by atoms with Crippen LogP contribution in [0.4, 0.5) is 0 Å². The van der Waals surface area contributed by atoms with E-state index in [0.717, 1.165) is 25.8 Å². The molecule has 2 rings (SSSR count). The molecule has 0 radical (unpaired) electrons. The van der Waals surface area contributed by atoms with Crippen LogP contribution in [0.5, 0.6) is 0 Å². The van der Waals surface area contributed by atoms with Crippen molar-refractivity contribution in [3.63, 3.8) is 0 Å². The summed E-state index contributed by atoms with van der Waals surface area (Å²) in [6, 6.07) is -1.81. The lowest BCUT2D eigenvalue weighted by Gasteiger charge is -2.45. The van der Waals surface area contributed by atoms with Gasteiger partial charge in [0, 0.05) is 12.6 Å². The lowest BCUT2D eigenvalue weighted by molar-refractivity contribution is -0.207. The van der Waals surface area contributed by atoms with Crippen molar-refractivity contribution in [2.45, 2.75) is 81.1 Å². The lowest BCUT2D eigenvalue weighted by atomic mass is 9.90. The summed E-state index contributed by atoms with van der Waals surface area (Å²) in [6.45, 7) is 4.41. The maximum atomic E-state index is 13.2. The molecule has 2 aliphatic heterocycles. The summed E-state index contributed by atoms with van der Waals surface area (Å²) in [5.41, 5.74) is 4.62. The topological polar surface area (TPSA) is 157 Å². The van der Waals surface area contributed by atoms with Gasteiger partial charge in [-0.15, -0.1) is 11.8 Å². The second kappa shape index (κ2) is 11.8. The van der Waals surface area contributed by atoms with E-state index in [-0.39, 0.29) is 18.5 Å². The van der Waals surface area contributed by atoms with Gasteiger partial charge in [-0.3, -0.25) is 14.5 Å². The molecular weight excluding hydrogens is 424 g/mol. The van der Waals surface area contributed by atoms with Crippen LogP contribution in [-0.2, 0) is 14.3 Å². The Morgan fingerprint density at radius 3 is 2.48 bits per heavy atom. The van der Waals surface area contributed by atoms with Crippen LogP contribution in [-0.4, -0.2) is 106 Å². The van der Waals surface area contributed by atoms with Crippen molar-refractivity contribution >= 4 is 23.6 Å². The molecule has 2 saturated heterocycles. The van der Waals surface area contributed by atoms with Crippen LogP contribution in [0.25, 0.3) is 0 Å². The number of carbonyl (C=O) groups is 2. The Kier molecular flexibility index (Phi) is 9.99. The van der Waals surface area contributed by atoms with E-state index in [0.29, 0.717) is 5.92 Å². The molecule has 2 heterocycles. The van der Waals surface area contributed by atoms with E-state index in [1.807, 2.05) is 11.9 Å². The Balaban J connectivity index is 2.22. The summed E-state index contributed by atoms with van der Waals surface area (Å²) in [6.07, 6.45) is -0.667. The highest BCUT2D eigenvalue weighted by Crippen LogP contribution is 2.30. The van der Waals surface area contributed by atoms with Gasteiger partial charge in [-0.05, 0) is 39.0 Å². The zero-order chi connectivity index (χ0) is 23.3. The van der Waals surface area contributed by atoms with E-state index < -0.39 is 47.8 Å². The van der Waals surface area contributed by atoms with Crippen molar-refractivity contribution in [2.75, 3.05) is 26.4 Å². The number of ether oxygens (including phenoxy) is 1. The fourth-order valence-corrected chi connectivity index (χ4v) is 5.23. The number of rotatable bonds is 9. The van der Waals surface area contributed by atoms with Gasteiger partial charge in [-0.2, -0.15) is 0 Å². The number of amides is 2. The molecule has 0 saturated carbocycles. The highest BCUT2D eigenvalue weighted by atomic mass is 32.2. The molecule has 10 nitrogen and oxygen atoms in total. The number of thioether (sulfide) groups is 1. The van der Waals surface area contributed by atoms with Crippen LogP contribution < -0.4 is 16.4 Å². The van der Waals surface area contributed by atoms with Crippen LogP contribution in [0.3, 0.4) is 0 Å². The first-order chi connectivity index (χ1) is 14.6. The Bertz CT molecular complexity index is 612. The minimum atomic E-state index is -1.45. The molecule has 2 amide bonds. The average Bonchev–Trinajstić information content (AvgIpc) is 3.11. The first kappa shape index (κ1) is 26.3. The van der Waals surface area contributed by atoms with E-state index in [1.54, 1.807) is 13.2 Å². The highest BCUT2D eigenvalue weighted by Gasteiger charge is 2.48. The van der Waals surface area contributed by atoms with Gasteiger partial charge in [0.15, 0.2) is 0 Å². The summed E-state index contributed by atoms with van der Waals surface area (Å²) in [5.74, 6) is -0.204. The third kappa shape index (κ3) is 6.31. The predicted molar refractivity (Wildman–Crippen MR) is 118 cm³/mol. The summed E-state index contributed by atoms with van der Waals surface area (Å²) in [7, 11) is 1.91. The quantitative estimate of drug-likeness (QED) is 0.233. The smallest absolute Gasteiger partial charge is 0.237 e. The zero-order valence-corrected chi connectivity index (χ0v) is 19.5. The number of likely N-dealkylation sites (N-methyl/N-ethyl adjacent to an activating group) is 1. The van der Waals surface area contributed by atoms with Gasteiger partial charge in [0.05, 0.1) is 18.6 Å². The van der Waals surface area contributed by atoms with Gasteiger partial charge in [0.2, 0.25) is 11.8 Å². The van der Waals surface area contributed by atoms with E-state index in [9.17, 15) is 24.9 Å². The number of hydrogen-bond acceptors (Lipinski definition) is 9. The standard InChI is InChI=1S/C20H38N4O6S/c1-5-6-11-7-12(24(3)9-11)19(29)23-14(10(2)22-13(25)8-21)18-16(27)15(26)17(28)20(30-18)31-4/h10-12,14-18,20,26-28H,5-9,21H2,1-4H3,(H,22,25)(H,23,29)/t10-,11+,12-,14+,15?,16?,17?,18?,20?/m0/s1. The fraction of sp³-hybridized carbons (Fsp3) is 0.900. The first-order valence-corrected chi connectivity index (χ1v) is 12.2. The van der Waals surface area contributed by atoms with Crippen molar-refractivity contribution in [3.8, 4) is 0 Å². The monoisotopic (exact) mass is 462 g/mol. The first-order valence-electron chi connectivity index (χ1n) is 10.9. The van der Waals surface area contributed by atoms with Crippen molar-refractivity contribution in [1.29, 1.82) is 0 Å². The molecule has 180 valence electrons. The largest absolute Gasteiger partial charge is 0.388 e. The molecule has 2 aliphatic rings. The molecule has 5 unspecified atom stereocenters. The molecule has 0 aromatic carbocycles. The SMILES string of the molecule is CCC[C@@H]1C[C@@H](C(=O)N[C@@H](C2OC(SC)C(O)C(O)C2O)[C@H](C)NC(=O)CN)N(C)C1. The molecule has 0 bridgehead atoms. The van der Waals surface area contributed by atoms with E-state index in [2.05, 4.69) is 17.6 Å². The average molecular weight is 463 g/mol. The van der Waals surface area contributed by atoms with Crippen molar-refractivity contribution in [1.82, 2.24) is 15.5 Å². The van der Waals surface area contributed by atoms with Crippen LogP contribution in [0, 0.1) is 5.92 Å². The molecule has 9 atom stereocenters. The third-order valence-corrected chi connectivity index (χ3v) is 7.10. The number of aliphatic hydroxyl groups is 3. The Morgan fingerprint density at radius 2 is 1.90 bits per heavy atom. The van der Waals surface area contributed by atoms with Crippen molar-refractivity contribution in [2.24, 2.45) is 11.7 Å². The van der Waals surface area contributed by atoms with Gasteiger partial charge in [-0.25, -0.2) is 0 Å². The van der Waals surface area contributed by atoms with E-state index in [4.69, 9.17) is 10.5 Å². The number of aliphatic hydroxyl groups excluding tert-OH is 3. The molecule has 0 aromatic heterocycles. The van der Waals surface area contributed by atoms with Crippen LogP contribution in [0.2, 0.25) is 0 Å². The van der Waals surface area contributed by atoms with Crippen LogP contribution in [0.1, 0.15) is 33.1 Å². The fourth-order valence-electron chi connectivity index (χ4n) is 4.55. The van der Waals surface area contributed by atoms with Crippen LogP contribution >= 0.6 is 11.8 Å². The minimum absolute atomic E-state index is 0.224. The lowest BCUT2D eigenvalue weighted by Crippen LogP contribution is -2.67. The number of hydrogen-bond donors (Lipinski definition) is 6. The zero-order valence-electron chi connectivity index (χ0n) is 18.7. The molecule has 11 heteroatoms. The van der Waals surface area contributed by atoms with E-state index >= 15 is 0 Å². The van der Waals surface area contributed by atoms with Gasteiger partial charge < -0.3 is 36.4 Å². The minimum Gasteiger partial charge on any atom is -0.388 e. The van der Waals surface area contributed by atoms with Gasteiger partial charge in [0.25, 0.3) is 0 Å². The van der Waals surface area contributed by atoms with Crippen molar-refractivity contribution < 1.29 is 29.6 Å². The summed E-state index contributed by atoms with van der Waals surface area (Å²) in [5, 5.41) is 36.8. The molecule has 7 N–H and O–H groups in total. The van der Waals surface area contributed by atoms with Crippen molar-refractivity contribution in [3.05, 3.63) is 0 Å². The summed E-state index contributed by atoms with van der Waals surface area (Å²) < 4.78 is 5.87. The molecule has 31 heavy (non-hydrogen) atoms. The normalized spacial score (nSPS) is 36.1. The molecule has 2 fully saturated rings. The van der Waals surface area contributed by atoms with Crippen LogP contribution in [0.15, 0.2) is 0 Å². The Hall–Kier alpha value is -0.950. The predicted octanol–water partition coefficient (Wildman–Crippen LogP) is -1.77. The highest BCUT2D eigenvalue weighted by molar-refractivity contribution is 7.99. The van der Waals surface area contributed by atoms with Gasteiger partial charge in [-0.1, -0.05) is 13.3 Å². The number of carbonyl (C=O) groups excluding carboxylic acids is 2. The van der Waals surface area contributed by atoms with E-state index in [1.165, 1.54) is 11.8 Å². The Labute approximate surface area is 188 Å². The molecular formula is C20H38N4O6S. The number of nitrogens with two attached hydrogens (primary N) is 1. The molecule has 0 aromatic rings. The maximum Gasteiger partial charge on any atom is 0.237 e. The number of nitrogens with one attached hydrogen (secondary N) is 2. The summed E-state index contributed by atoms with van der Waals surface area (Å²) in [4.78, 5) is 27.1. The van der Waals surface area contributed by atoms with Gasteiger partial charge >= 0.3 is 0 Å². The Morgan fingerprint density at radius 1 is 1.23 bits per heavy atom. The summed E-state index contributed by atoms with van der Waals surface area (Å²) >= 11 is 1.19. The second-order valence-corrected chi connectivity index (χ2v) is 9.55. The van der Waals surface area contributed by atoms with Gasteiger partial charge in [0.1, 0.15) is 29.9 Å². The number of likely N-dealkylation sites (tertiary alicyclic amines) is 1.